The largest absolute Gasteiger partial charge is 0.453 e. The highest BCUT2D eigenvalue weighted by Gasteiger charge is 2.23. The molecule has 1 aliphatic rings. The Morgan fingerprint density at radius 1 is 1.12 bits per heavy atom. The SMILES string of the molecule is COC(=O)N1CCN(CCNS(=O)(=O)c2c(C)cc(C)cc2C)CC1. The highest BCUT2D eigenvalue weighted by molar-refractivity contribution is 7.89. The van der Waals surface area contributed by atoms with Crippen molar-refractivity contribution in [2.75, 3.05) is 46.4 Å². The molecular formula is C17H27N3O4S. The zero-order valence-electron chi connectivity index (χ0n) is 15.3. The molecule has 0 spiro atoms. The van der Waals surface area contributed by atoms with E-state index in [2.05, 4.69) is 9.62 Å². The molecule has 8 heteroatoms. The molecule has 0 bridgehead atoms. The number of benzene rings is 1. The Balaban J connectivity index is 1.89. The van der Waals surface area contributed by atoms with Crippen LogP contribution in [0, 0.1) is 20.8 Å². The molecule has 25 heavy (non-hydrogen) atoms. The Kier molecular flexibility index (Phi) is 6.42. The van der Waals surface area contributed by atoms with E-state index in [0.29, 0.717) is 44.2 Å². The second kappa shape index (κ2) is 8.16. The summed E-state index contributed by atoms with van der Waals surface area (Å²) in [5.41, 5.74) is 2.57. The lowest BCUT2D eigenvalue weighted by Gasteiger charge is -2.33. The van der Waals surface area contributed by atoms with Crippen molar-refractivity contribution in [3.8, 4) is 0 Å². The van der Waals surface area contributed by atoms with Gasteiger partial charge in [0.25, 0.3) is 0 Å². The molecule has 1 amide bonds. The molecule has 1 aliphatic heterocycles. The lowest BCUT2D eigenvalue weighted by molar-refractivity contribution is 0.0918. The summed E-state index contributed by atoms with van der Waals surface area (Å²) in [7, 11) is -2.16. The van der Waals surface area contributed by atoms with Crippen molar-refractivity contribution in [1.82, 2.24) is 14.5 Å². The van der Waals surface area contributed by atoms with Gasteiger partial charge in [-0.3, -0.25) is 4.90 Å². The number of nitrogens with zero attached hydrogens (tertiary/aromatic N) is 2. The smallest absolute Gasteiger partial charge is 0.409 e. The quantitative estimate of drug-likeness (QED) is 0.846. The number of methoxy groups -OCH3 is 1. The Hall–Kier alpha value is -1.64. The summed E-state index contributed by atoms with van der Waals surface area (Å²) >= 11 is 0. The molecule has 0 radical (unpaired) electrons. The molecule has 2 rings (SSSR count). The molecule has 7 nitrogen and oxygen atoms in total. The highest BCUT2D eigenvalue weighted by Crippen LogP contribution is 2.21. The fourth-order valence-electron chi connectivity index (χ4n) is 3.28. The van der Waals surface area contributed by atoms with E-state index in [9.17, 15) is 13.2 Å². The van der Waals surface area contributed by atoms with E-state index < -0.39 is 10.0 Å². The van der Waals surface area contributed by atoms with Crippen molar-refractivity contribution in [1.29, 1.82) is 0 Å². The number of hydrogen-bond acceptors (Lipinski definition) is 5. The summed E-state index contributed by atoms with van der Waals surface area (Å²) in [6.45, 7) is 9.15. The molecule has 1 saturated heterocycles. The number of aryl methyl sites for hydroxylation is 3. The summed E-state index contributed by atoms with van der Waals surface area (Å²) in [4.78, 5) is 15.6. The van der Waals surface area contributed by atoms with Gasteiger partial charge in [0.1, 0.15) is 0 Å². The molecule has 0 atom stereocenters. The molecule has 0 aromatic heterocycles. The van der Waals surface area contributed by atoms with E-state index in [1.807, 2.05) is 32.9 Å². The van der Waals surface area contributed by atoms with Crippen molar-refractivity contribution in [2.24, 2.45) is 0 Å². The summed E-state index contributed by atoms with van der Waals surface area (Å²) < 4.78 is 32.6. The topological polar surface area (TPSA) is 79.0 Å². The normalized spacial score (nSPS) is 16.1. The third-order valence-corrected chi connectivity index (χ3v) is 6.16. The first-order valence-corrected chi connectivity index (χ1v) is 9.85. The van der Waals surface area contributed by atoms with Gasteiger partial charge in [0.15, 0.2) is 0 Å². The lowest BCUT2D eigenvalue weighted by Crippen LogP contribution is -2.50. The molecule has 0 aliphatic carbocycles. The number of nitrogens with one attached hydrogen (secondary N) is 1. The molecule has 1 N–H and O–H groups in total. The van der Waals surface area contributed by atoms with Gasteiger partial charge in [-0.05, 0) is 31.9 Å². The van der Waals surface area contributed by atoms with Gasteiger partial charge >= 0.3 is 6.09 Å². The third-order valence-electron chi connectivity index (χ3n) is 4.40. The summed E-state index contributed by atoms with van der Waals surface area (Å²) in [5.74, 6) is 0. The number of amides is 1. The maximum absolute atomic E-state index is 12.6. The van der Waals surface area contributed by atoms with E-state index in [0.717, 1.165) is 16.7 Å². The maximum Gasteiger partial charge on any atom is 0.409 e. The first-order chi connectivity index (χ1) is 11.7. The van der Waals surface area contributed by atoms with Crippen molar-refractivity contribution in [3.05, 3.63) is 28.8 Å². The van der Waals surface area contributed by atoms with Crippen molar-refractivity contribution >= 4 is 16.1 Å². The molecule has 1 heterocycles. The van der Waals surface area contributed by atoms with Gasteiger partial charge in [-0.15, -0.1) is 0 Å². The summed E-state index contributed by atoms with van der Waals surface area (Å²) in [6.07, 6.45) is -0.314. The van der Waals surface area contributed by atoms with Crippen molar-refractivity contribution < 1.29 is 17.9 Å². The van der Waals surface area contributed by atoms with Gasteiger partial charge in [-0.25, -0.2) is 17.9 Å². The van der Waals surface area contributed by atoms with Gasteiger partial charge in [0.2, 0.25) is 10.0 Å². The van der Waals surface area contributed by atoms with Crippen LogP contribution in [0.5, 0.6) is 0 Å². The standard InChI is InChI=1S/C17H27N3O4S/c1-13-11-14(2)16(15(3)12-13)25(22,23)18-5-6-19-7-9-20(10-8-19)17(21)24-4/h11-12,18H,5-10H2,1-4H3. The minimum absolute atomic E-state index is 0.314. The summed E-state index contributed by atoms with van der Waals surface area (Å²) in [5, 5.41) is 0. The van der Waals surface area contributed by atoms with Gasteiger partial charge < -0.3 is 9.64 Å². The molecule has 1 aromatic rings. The van der Waals surface area contributed by atoms with Crippen LogP contribution < -0.4 is 4.72 Å². The first kappa shape index (κ1) is 19.7. The molecule has 0 saturated carbocycles. The number of rotatable bonds is 5. The predicted molar refractivity (Wildman–Crippen MR) is 96.3 cm³/mol. The summed E-state index contributed by atoms with van der Waals surface area (Å²) in [6, 6.07) is 3.77. The van der Waals surface area contributed by atoms with Gasteiger partial charge in [0, 0.05) is 39.3 Å². The number of piperazine rings is 1. The average Bonchev–Trinajstić information content (AvgIpc) is 2.53. The van der Waals surface area contributed by atoms with Crippen LogP contribution in [0.25, 0.3) is 0 Å². The lowest BCUT2D eigenvalue weighted by atomic mass is 10.1. The first-order valence-electron chi connectivity index (χ1n) is 8.37. The van der Waals surface area contributed by atoms with Crippen LogP contribution in [0.4, 0.5) is 4.79 Å². The van der Waals surface area contributed by atoms with Crippen LogP contribution in [0.15, 0.2) is 17.0 Å². The molecule has 1 fully saturated rings. The zero-order chi connectivity index (χ0) is 18.6. The number of ether oxygens (including phenoxy) is 1. The zero-order valence-corrected chi connectivity index (χ0v) is 16.1. The molecule has 140 valence electrons. The van der Waals surface area contributed by atoms with Crippen molar-refractivity contribution in [3.63, 3.8) is 0 Å². The number of carbonyl (C=O) groups is 1. The van der Waals surface area contributed by atoms with Crippen molar-refractivity contribution in [2.45, 2.75) is 25.7 Å². The van der Waals surface area contributed by atoms with Gasteiger partial charge in [0.05, 0.1) is 12.0 Å². The molecular weight excluding hydrogens is 342 g/mol. The van der Waals surface area contributed by atoms with Gasteiger partial charge in [-0.1, -0.05) is 17.7 Å². The maximum atomic E-state index is 12.6. The minimum Gasteiger partial charge on any atom is -0.453 e. The predicted octanol–water partition coefficient (Wildman–Crippen LogP) is 1.27. The second-order valence-electron chi connectivity index (χ2n) is 6.42. The fraction of sp³-hybridized carbons (Fsp3) is 0.588. The Bertz CT molecular complexity index is 702. The number of carbonyl (C=O) groups excluding carboxylic acids is 1. The van der Waals surface area contributed by atoms with Crippen LogP contribution in [-0.4, -0.2) is 70.7 Å². The van der Waals surface area contributed by atoms with Crippen LogP contribution in [-0.2, 0) is 14.8 Å². The van der Waals surface area contributed by atoms with Gasteiger partial charge in [-0.2, -0.15) is 0 Å². The van der Waals surface area contributed by atoms with E-state index >= 15 is 0 Å². The average molecular weight is 369 g/mol. The van der Waals surface area contributed by atoms with Crippen LogP contribution in [0.2, 0.25) is 0 Å². The number of sulfonamides is 1. The number of hydrogen-bond donors (Lipinski definition) is 1. The van der Waals surface area contributed by atoms with Crippen LogP contribution >= 0.6 is 0 Å². The van der Waals surface area contributed by atoms with Crippen LogP contribution in [0.1, 0.15) is 16.7 Å². The monoisotopic (exact) mass is 369 g/mol. The Labute approximate surface area is 150 Å². The Morgan fingerprint density at radius 2 is 1.68 bits per heavy atom. The van der Waals surface area contributed by atoms with E-state index in [1.54, 1.807) is 4.90 Å². The minimum atomic E-state index is -3.53. The second-order valence-corrected chi connectivity index (χ2v) is 8.13. The highest BCUT2D eigenvalue weighted by atomic mass is 32.2. The molecule has 0 unspecified atom stereocenters. The molecule has 1 aromatic carbocycles. The van der Waals surface area contributed by atoms with E-state index in [4.69, 9.17) is 4.74 Å². The van der Waals surface area contributed by atoms with E-state index in [1.165, 1.54) is 7.11 Å². The fourth-order valence-corrected chi connectivity index (χ4v) is 4.75. The Morgan fingerprint density at radius 3 is 2.20 bits per heavy atom. The van der Waals surface area contributed by atoms with Crippen LogP contribution in [0.3, 0.4) is 0 Å². The third kappa shape index (κ3) is 4.93. The van der Waals surface area contributed by atoms with E-state index in [-0.39, 0.29) is 6.09 Å².